The van der Waals surface area contributed by atoms with E-state index in [2.05, 4.69) is 5.32 Å². The highest BCUT2D eigenvalue weighted by molar-refractivity contribution is 6.02. The van der Waals surface area contributed by atoms with Crippen molar-refractivity contribution in [3.8, 4) is 11.5 Å². The number of benzene rings is 1. The summed E-state index contributed by atoms with van der Waals surface area (Å²) in [7, 11) is 0. The summed E-state index contributed by atoms with van der Waals surface area (Å²) in [6.07, 6.45) is 3.88. The Hall–Kier alpha value is -2.04. The lowest BCUT2D eigenvalue weighted by Crippen LogP contribution is -2.41. The summed E-state index contributed by atoms with van der Waals surface area (Å²) in [6, 6.07) is 5.33. The smallest absolute Gasteiger partial charge is 0.260 e. The van der Waals surface area contributed by atoms with Gasteiger partial charge in [0.2, 0.25) is 5.78 Å². The van der Waals surface area contributed by atoms with Crippen molar-refractivity contribution < 1.29 is 19.1 Å². The van der Waals surface area contributed by atoms with Gasteiger partial charge in [-0.2, -0.15) is 0 Å². The van der Waals surface area contributed by atoms with E-state index in [0.29, 0.717) is 17.1 Å². The van der Waals surface area contributed by atoms with E-state index in [1.807, 2.05) is 0 Å². The maximum Gasteiger partial charge on any atom is 0.260 e. The second-order valence-electron chi connectivity index (χ2n) is 5.62. The van der Waals surface area contributed by atoms with Gasteiger partial charge in [-0.3, -0.25) is 9.59 Å². The minimum Gasteiger partial charge on any atom is -0.485 e. The molecule has 3 rings (SSSR count). The Labute approximate surface area is 123 Å². The predicted molar refractivity (Wildman–Crippen MR) is 76.8 cm³/mol. The van der Waals surface area contributed by atoms with Crippen LogP contribution in [0, 0.1) is 0 Å². The van der Waals surface area contributed by atoms with E-state index in [4.69, 9.17) is 9.47 Å². The zero-order chi connectivity index (χ0) is 14.8. The molecular weight excluding hydrogens is 270 g/mol. The van der Waals surface area contributed by atoms with Gasteiger partial charge in [0.1, 0.15) is 11.5 Å². The molecule has 2 aliphatic rings. The number of rotatable bonds is 4. The van der Waals surface area contributed by atoms with Crippen LogP contribution in [-0.4, -0.2) is 30.4 Å². The largest absolute Gasteiger partial charge is 0.485 e. The third kappa shape index (κ3) is 3.01. The number of ether oxygens (including phenoxy) is 2. The molecule has 0 radical (unpaired) electrons. The third-order valence-electron chi connectivity index (χ3n) is 4.00. The monoisotopic (exact) mass is 289 g/mol. The number of ketones is 1. The fourth-order valence-corrected chi connectivity index (χ4v) is 2.79. The molecule has 1 aromatic rings. The minimum absolute atomic E-state index is 0.0245. The van der Waals surface area contributed by atoms with Crippen molar-refractivity contribution >= 4 is 11.7 Å². The molecule has 1 aliphatic heterocycles. The summed E-state index contributed by atoms with van der Waals surface area (Å²) in [5.41, 5.74) is 0.574. The van der Waals surface area contributed by atoms with Gasteiger partial charge in [-0.05, 0) is 31.9 Å². The van der Waals surface area contributed by atoms with E-state index in [-0.39, 0.29) is 24.3 Å². The molecule has 0 spiro atoms. The second-order valence-corrected chi connectivity index (χ2v) is 5.62. The summed E-state index contributed by atoms with van der Waals surface area (Å²) in [6.45, 7) is 1.81. The Morgan fingerprint density at radius 3 is 2.90 bits per heavy atom. The lowest BCUT2D eigenvalue weighted by molar-refractivity contribution is -0.127. The van der Waals surface area contributed by atoms with Crippen LogP contribution in [-0.2, 0) is 4.79 Å². The van der Waals surface area contributed by atoms with Gasteiger partial charge in [0, 0.05) is 12.1 Å². The molecule has 1 aromatic carbocycles. The molecule has 1 amide bonds. The summed E-state index contributed by atoms with van der Waals surface area (Å²) in [5.74, 6) is 0.946. The highest BCUT2D eigenvalue weighted by Crippen LogP contribution is 2.30. The zero-order valence-corrected chi connectivity index (χ0v) is 12.1. The van der Waals surface area contributed by atoms with Crippen LogP contribution >= 0.6 is 0 Å². The van der Waals surface area contributed by atoms with Crippen molar-refractivity contribution in [3.05, 3.63) is 23.8 Å². The molecule has 1 heterocycles. The Morgan fingerprint density at radius 1 is 1.38 bits per heavy atom. The molecule has 0 aromatic heterocycles. The second kappa shape index (κ2) is 5.76. The highest BCUT2D eigenvalue weighted by Gasteiger charge is 2.24. The molecule has 0 saturated heterocycles. The number of hydrogen-bond acceptors (Lipinski definition) is 4. The average molecular weight is 289 g/mol. The van der Waals surface area contributed by atoms with Crippen LogP contribution < -0.4 is 14.8 Å². The van der Waals surface area contributed by atoms with Crippen molar-refractivity contribution in [1.82, 2.24) is 5.32 Å². The molecule has 0 bridgehead atoms. The van der Waals surface area contributed by atoms with Crippen LogP contribution in [0.5, 0.6) is 11.5 Å². The van der Waals surface area contributed by atoms with Crippen molar-refractivity contribution in [2.24, 2.45) is 0 Å². The van der Waals surface area contributed by atoms with Crippen molar-refractivity contribution in [2.45, 2.75) is 44.8 Å². The summed E-state index contributed by atoms with van der Waals surface area (Å²) >= 11 is 0. The van der Waals surface area contributed by atoms with Crippen LogP contribution in [0.4, 0.5) is 0 Å². The first-order valence-corrected chi connectivity index (χ1v) is 7.40. The molecule has 1 fully saturated rings. The SMILES string of the molecule is CC(Oc1ccc2c(c1)OCC2=O)C(=O)NC1CCCC1. The van der Waals surface area contributed by atoms with E-state index in [1.165, 1.54) is 12.8 Å². The molecule has 1 aliphatic carbocycles. The standard InChI is InChI=1S/C16H19NO4/c1-10(16(19)17-11-4-2-3-5-11)21-12-6-7-13-14(18)9-20-15(13)8-12/h6-8,10-11H,2-5,9H2,1H3,(H,17,19). The fourth-order valence-electron chi connectivity index (χ4n) is 2.79. The number of amides is 1. The Morgan fingerprint density at radius 2 is 2.14 bits per heavy atom. The molecular formula is C16H19NO4. The molecule has 21 heavy (non-hydrogen) atoms. The normalized spacial score (nSPS) is 19.0. The summed E-state index contributed by atoms with van der Waals surface area (Å²) < 4.78 is 10.9. The molecule has 112 valence electrons. The number of carbonyl (C=O) groups excluding carboxylic acids is 2. The first kappa shape index (κ1) is 13.9. The van der Waals surface area contributed by atoms with Crippen LogP contribution in [0.25, 0.3) is 0 Å². The van der Waals surface area contributed by atoms with Gasteiger partial charge in [0.25, 0.3) is 5.91 Å². The first-order chi connectivity index (χ1) is 10.1. The highest BCUT2D eigenvalue weighted by atomic mass is 16.5. The van der Waals surface area contributed by atoms with E-state index in [0.717, 1.165) is 12.8 Å². The quantitative estimate of drug-likeness (QED) is 0.921. The van der Waals surface area contributed by atoms with Crippen LogP contribution in [0.2, 0.25) is 0 Å². The van der Waals surface area contributed by atoms with E-state index >= 15 is 0 Å². The molecule has 5 heteroatoms. The van der Waals surface area contributed by atoms with Gasteiger partial charge < -0.3 is 14.8 Å². The number of carbonyl (C=O) groups is 2. The molecule has 5 nitrogen and oxygen atoms in total. The fraction of sp³-hybridized carbons (Fsp3) is 0.500. The zero-order valence-electron chi connectivity index (χ0n) is 12.1. The number of nitrogens with one attached hydrogen (secondary N) is 1. The van der Waals surface area contributed by atoms with Gasteiger partial charge in [0.15, 0.2) is 12.7 Å². The first-order valence-electron chi connectivity index (χ1n) is 7.40. The van der Waals surface area contributed by atoms with E-state index in [9.17, 15) is 9.59 Å². The van der Waals surface area contributed by atoms with Crippen LogP contribution in [0.15, 0.2) is 18.2 Å². The Balaban J connectivity index is 1.60. The molecule has 1 saturated carbocycles. The van der Waals surface area contributed by atoms with Gasteiger partial charge in [-0.25, -0.2) is 0 Å². The van der Waals surface area contributed by atoms with Crippen molar-refractivity contribution in [3.63, 3.8) is 0 Å². The average Bonchev–Trinajstić information content (AvgIpc) is 3.09. The maximum absolute atomic E-state index is 12.1. The van der Waals surface area contributed by atoms with E-state index in [1.54, 1.807) is 25.1 Å². The summed E-state index contributed by atoms with van der Waals surface area (Å²) in [4.78, 5) is 23.5. The predicted octanol–water partition coefficient (Wildman–Crippen LogP) is 2.09. The van der Waals surface area contributed by atoms with Crippen LogP contribution in [0.3, 0.4) is 0 Å². The lowest BCUT2D eigenvalue weighted by Gasteiger charge is -2.18. The number of fused-ring (bicyclic) bond motifs is 1. The van der Waals surface area contributed by atoms with Gasteiger partial charge >= 0.3 is 0 Å². The van der Waals surface area contributed by atoms with Crippen molar-refractivity contribution in [2.75, 3.05) is 6.61 Å². The van der Waals surface area contributed by atoms with Crippen LogP contribution in [0.1, 0.15) is 43.0 Å². The number of hydrogen-bond donors (Lipinski definition) is 1. The summed E-state index contributed by atoms with van der Waals surface area (Å²) in [5, 5.41) is 3.01. The molecule has 1 atom stereocenters. The third-order valence-corrected chi connectivity index (χ3v) is 4.00. The molecule has 1 N–H and O–H groups in total. The van der Waals surface area contributed by atoms with Crippen molar-refractivity contribution in [1.29, 1.82) is 0 Å². The molecule has 1 unspecified atom stereocenters. The Kier molecular flexibility index (Phi) is 3.82. The lowest BCUT2D eigenvalue weighted by atomic mass is 10.1. The van der Waals surface area contributed by atoms with Gasteiger partial charge in [0.05, 0.1) is 5.56 Å². The maximum atomic E-state index is 12.1. The van der Waals surface area contributed by atoms with E-state index < -0.39 is 6.10 Å². The minimum atomic E-state index is -0.569. The topological polar surface area (TPSA) is 64.6 Å². The number of Topliss-reactive ketones (excluding diaryl/α,β-unsaturated/α-hetero) is 1. The Bertz CT molecular complexity index is 563. The van der Waals surface area contributed by atoms with Gasteiger partial charge in [-0.1, -0.05) is 12.8 Å². The van der Waals surface area contributed by atoms with Gasteiger partial charge in [-0.15, -0.1) is 0 Å².